The first-order valence-corrected chi connectivity index (χ1v) is 7.64. The second-order valence-corrected chi connectivity index (χ2v) is 6.17. The van der Waals surface area contributed by atoms with E-state index in [0.29, 0.717) is 19.8 Å². The highest BCUT2D eigenvalue weighted by atomic mass is 19.4. The number of amides is 1. The highest BCUT2D eigenvalue weighted by Crippen LogP contribution is 2.23. The Kier molecular flexibility index (Phi) is 5.71. The summed E-state index contributed by atoms with van der Waals surface area (Å²) in [6.45, 7) is 7.40. The molecule has 24 heavy (non-hydrogen) atoms. The SMILES string of the molecule is CC(C)(CNC(=O)c1ccc(OC(F)(F)F)cc1)N1CCOCC1. The van der Waals surface area contributed by atoms with Gasteiger partial charge in [0.15, 0.2) is 0 Å². The predicted molar refractivity (Wildman–Crippen MR) is 81.9 cm³/mol. The van der Waals surface area contributed by atoms with E-state index in [1.54, 1.807) is 0 Å². The lowest BCUT2D eigenvalue weighted by Crippen LogP contribution is -2.55. The summed E-state index contributed by atoms with van der Waals surface area (Å²) in [6.07, 6.45) is -4.74. The number of benzene rings is 1. The molecule has 1 aromatic rings. The molecule has 1 aliphatic rings. The Morgan fingerprint density at radius 1 is 1.21 bits per heavy atom. The monoisotopic (exact) mass is 346 g/mol. The molecule has 1 saturated heterocycles. The fourth-order valence-corrected chi connectivity index (χ4v) is 2.49. The van der Waals surface area contributed by atoms with Gasteiger partial charge in [0.2, 0.25) is 0 Å². The van der Waals surface area contributed by atoms with Crippen LogP contribution in [0.2, 0.25) is 0 Å². The molecule has 1 aromatic carbocycles. The number of alkyl halides is 3. The van der Waals surface area contributed by atoms with Crippen LogP contribution < -0.4 is 10.1 Å². The predicted octanol–water partition coefficient (Wildman–Crippen LogP) is 2.43. The minimum Gasteiger partial charge on any atom is -0.406 e. The minimum atomic E-state index is -4.74. The van der Waals surface area contributed by atoms with Gasteiger partial charge < -0.3 is 14.8 Å². The van der Waals surface area contributed by atoms with Crippen molar-refractivity contribution in [3.8, 4) is 5.75 Å². The Morgan fingerprint density at radius 2 is 1.79 bits per heavy atom. The van der Waals surface area contributed by atoms with Gasteiger partial charge in [-0.05, 0) is 38.1 Å². The number of nitrogens with one attached hydrogen (secondary N) is 1. The van der Waals surface area contributed by atoms with Gasteiger partial charge in [-0.3, -0.25) is 9.69 Å². The van der Waals surface area contributed by atoms with Crippen molar-refractivity contribution in [1.29, 1.82) is 0 Å². The fraction of sp³-hybridized carbons (Fsp3) is 0.562. The topological polar surface area (TPSA) is 50.8 Å². The number of halogens is 3. The molecule has 0 bridgehead atoms. The maximum absolute atomic E-state index is 12.2. The molecule has 0 unspecified atom stereocenters. The maximum Gasteiger partial charge on any atom is 0.573 e. The number of hydrogen-bond donors (Lipinski definition) is 1. The number of nitrogens with zero attached hydrogens (tertiary/aromatic N) is 1. The third-order valence-corrected chi connectivity index (χ3v) is 3.90. The van der Waals surface area contributed by atoms with E-state index in [1.165, 1.54) is 12.1 Å². The highest BCUT2D eigenvalue weighted by molar-refractivity contribution is 5.94. The lowest BCUT2D eigenvalue weighted by Gasteiger charge is -2.40. The molecule has 0 aliphatic carbocycles. The summed E-state index contributed by atoms with van der Waals surface area (Å²) in [5.74, 6) is -0.692. The zero-order valence-electron chi connectivity index (χ0n) is 13.7. The molecule has 0 atom stereocenters. The zero-order chi connectivity index (χ0) is 17.8. The first-order chi connectivity index (χ1) is 11.2. The van der Waals surface area contributed by atoms with Crippen LogP contribution in [0.15, 0.2) is 24.3 Å². The third-order valence-electron chi connectivity index (χ3n) is 3.90. The molecule has 5 nitrogen and oxygen atoms in total. The summed E-state index contributed by atoms with van der Waals surface area (Å²) in [4.78, 5) is 14.4. The van der Waals surface area contributed by atoms with Gasteiger partial charge >= 0.3 is 6.36 Å². The van der Waals surface area contributed by atoms with E-state index in [1.807, 2.05) is 13.8 Å². The van der Waals surface area contributed by atoms with Crippen LogP contribution in [0.5, 0.6) is 5.75 Å². The largest absolute Gasteiger partial charge is 0.573 e. The lowest BCUT2D eigenvalue weighted by atomic mass is 10.0. The van der Waals surface area contributed by atoms with E-state index in [2.05, 4.69) is 15.0 Å². The Morgan fingerprint density at radius 3 is 2.33 bits per heavy atom. The fourth-order valence-electron chi connectivity index (χ4n) is 2.49. The summed E-state index contributed by atoms with van der Waals surface area (Å²) >= 11 is 0. The number of hydrogen-bond acceptors (Lipinski definition) is 4. The summed E-state index contributed by atoms with van der Waals surface area (Å²) in [6, 6.07) is 4.85. The quantitative estimate of drug-likeness (QED) is 0.890. The van der Waals surface area contributed by atoms with Crippen LogP contribution in [0.25, 0.3) is 0 Å². The number of ether oxygens (including phenoxy) is 2. The number of carbonyl (C=O) groups is 1. The first-order valence-electron chi connectivity index (χ1n) is 7.64. The van der Waals surface area contributed by atoms with E-state index >= 15 is 0 Å². The third kappa shape index (κ3) is 5.38. The molecule has 8 heteroatoms. The molecule has 1 N–H and O–H groups in total. The normalized spacial score (nSPS) is 16.7. The second-order valence-electron chi connectivity index (χ2n) is 6.17. The van der Waals surface area contributed by atoms with Gasteiger partial charge in [-0.1, -0.05) is 0 Å². The second kappa shape index (κ2) is 7.40. The molecule has 134 valence electrons. The van der Waals surface area contributed by atoms with Gasteiger partial charge in [-0.2, -0.15) is 0 Å². The van der Waals surface area contributed by atoms with Crippen LogP contribution in [-0.2, 0) is 4.74 Å². The zero-order valence-corrected chi connectivity index (χ0v) is 13.7. The van der Waals surface area contributed by atoms with E-state index in [4.69, 9.17) is 4.74 Å². The maximum atomic E-state index is 12.2. The summed E-state index contributed by atoms with van der Waals surface area (Å²) in [5, 5.41) is 2.82. The van der Waals surface area contributed by atoms with Crippen LogP contribution in [0.1, 0.15) is 24.2 Å². The van der Waals surface area contributed by atoms with Gasteiger partial charge in [0.1, 0.15) is 5.75 Å². The molecule has 0 radical (unpaired) electrons. The summed E-state index contributed by atoms with van der Waals surface area (Å²) in [5.41, 5.74) is 0.0426. The Hall–Kier alpha value is -1.80. The van der Waals surface area contributed by atoms with Gasteiger partial charge in [0, 0.05) is 30.7 Å². The van der Waals surface area contributed by atoms with Crippen molar-refractivity contribution in [3.63, 3.8) is 0 Å². The van der Waals surface area contributed by atoms with Crippen molar-refractivity contribution in [2.24, 2.45) is 0 Å². The van der Waals surface area contributed by atoms with Crippen molar-refractivity contribution in [1.82, 2.24) is 10.2 Å². The molecular weight excluding hydrogens is 325 g/mol. The molecule has 2 rings (SSSR count). The average molecular weight is 346 g/mol. The van der Waals surface area contributed by atoms with Crippen molar-refractivity contribution in [2.45, 2.75) is 25.7 Å². The number of carbonyl (C=O) groups excluding carboxylic acids is 1. The smallest absolute Gasteiger partial charge is 0.406 e. The van der Waals surface area contributed by atoms with Crippen LogP contribution in [0.3, 0.4) is 0 Å². The van der Waals surface area contributed by atoms with Crippen LogP contribution >= 0.6 is 0 Å². The van der Waals surface area contributed by atoms with Crippen molar-refractivity contribution >= 4 is 5.91 Å². The first kappa shape index (κ1) is 18.5. The molecule has 1 aliphatic heterocycles. The molecule has 0 aromatic heterocycles. The minimum absolute atomic E-state index is 0.237. The molecular formula is C16H21F3N2O3. The standard InChI is InChI=1S/C16H21F3N2O3/c1-15(2,21-7-9-23-10-8-21)11-20-14(22)12-3-5-13(6-4-12)24-16(17,18)19/h3-6H,7-11H2,1-2H3,(H,20,22). The Balaban J connectivity index is 1.89. The van der Waals surface area contributed by atoms with Gasteiger partial charge in [0.25, 0.3) is 5.91 Å². The van der Waals surface area contributed by atoms with Crippen LogP contribution in [0.4, 0.5) is 13.2 Å². The van der Waals surface area contributed by atoms with E-state index in [9.17, 15) is 18.0 Å². The summed E-state index contributed by atoms with van der Waals surface area (Å²) in [7, 11) is 0. The van der Waals surface area contributed by atoms with Crippen LogP contribution in [-0.4, -0.2) is 55.6 Å². The van der Waals surface area contributed by atoms with Gasteiger partial charge in [-0.25, -0.2) is 0 Å². The lowest BCUT2D eigenvalue weighted by molar-refractivity contribution is -0.274. The highest BCUT2D eigenvalue weighted by Gasteiger charge is 2.31. The Bertz CT molecular complexity index is 553. The molecule has 0 spiro atoms. The van der Waals surface area contributed by atoms with Crippen molar-refractivity contribution in [2.75, 3.05) is 32.8 Å². The van der Waals surface area contributed by atoms with Crippen molar-refractivity contribution in [3.05, 3.63) is 29.8 Å². The van der Waals surface area contributed by atoms with E-state index in [0.717, 1.165) is 25.2 Å². The molecule has 1 fully saturated rings. The summed E-state index contributed by atoms with van der Waals surface area (Å²) < 4.78 is 45.4. The van der Waals surface area contributed by atoms with Crippen molar-refractivity contribution < 1.29 is 27.4 Å². The molecule has 0 saturated carbocycles. The molecule has 1 heterocycles. The van der Waals surface area contributed by atoms with E-state index < -0.39 is 6.36 Å². The average Bonchev–Trinajstić information content (AvgIpc) is 2.53. The number of morpholine rings is 1. The molecule has 1 amide bonds. The Labute approximate surface area is 138 Å². The number of rotatable bonds is 5. The van der Waals surface area contributed by atoms with E-state index in [-0.39, 0.29) is 22.8 Å². The van der Waals surface area contributed by atoms with Crippen LogP contribution in [0, 0.1) is 0 Å². The van der Waals surface area contributed by atoms with Gasteiger partial charge in [-0.15, -0.1) is 13.2 Å². The van der Waals surface area contributed by atoms with Gasteiger partial charge in [0.05, 0.1) is 13.2 Å².